The van der Waals surface area contributed by atoms with E-state index in [1.807, 2.05) is 66.7 Å². The first kappa shape index (κ1) is 23.3. The molecule has 0 bridgehead atoms. The minimum absolute atomic E-state index is 0.250. The van der Waals surface area contributed by atoms with Gasteiger partial charge in [-0.15, -0.1) is 0 Å². The summed E-state index contributed by atoms with van der Waals surface area (Å²) in [7, 11) is 0. The van der Waals surface area contributed by atoms with E-state index in [9.17, 15) is 9.59 Å². The van der Waals surface area contributed by atoms with Crippen LogP contribution in [0.4, 0.5) is 11.4 Å². The van der Waals surface area contributed by atoms with Crippen molar-refractivity contribution in [2.45, 2.75) is 12.1 Å². The molecule has 0 aliphatic carbocycles. The maximum Gasteiger partial charge on any atom is 0.266 e. The first-order valence-electron chi connectivity index (χ1n) is 11.1. The van der Waals surface area contributed by atoms with Crippen LogP contribution in [0.15, 0.2) is 93.8 Å². The zero-order valence-corrected chi connectivity index (χ0v) is 21.6. The molecular formula is C27H17BrCl2N2O4. The fourth-order valence-corrected chi connectivity index (χ4v) is 5.22. The summed E-state index contributed by atoms with van der Waals surface area (Å²) in [6.07, 6.45) is -1.02. The molecule has 6 rings (SSSR count). The molecule has 9 heteroatoms. The van der Waals surface area contributed by atoms with E-state index >= 15 is 0 Å². The Morgan fingerprint density at radius 3 is 2.25 bits per heavy atom. The van der Waals surface area contributed by atoms with Gasteiger partial charge in [-0.3, -0.25) is 14.4 Å². The normalized spacial score (nSPS) is 21.4. The number of furan rings is 1. The summed E-state index contributed by atoms with van der Waals surface area (Å²) in [5.41, 5.74) is 1.94. The van der Waals surface area contributed by atoms with Gasteiger partial charge < -0.3 is 4.42 Å². The average molecular weight is 584 g/mol. The van der Waals surface area contributed by atoms with Crippen molar-refractivity contribution in [1.29, 1.82) is 0 Å². The molecule has 0 spiro atoms. The van der Waals surface area contributed by atoms with Crippen LogP contribution in [-0.4, -0.2) is 17.9 Å². The molecule has 4 aromatic rings. The number of benzene rings is 3. The minimum atomic E-state index is -1.02. The number of carbonyl (C=O) groups is 2. The van der Waals surface area contributed by atoms with Crippen molar-refractivity contribution in [2.75, 3.05) is 9.96 Å². The maximum absolute atomic E-state index is 13.7. The van der Waals surface area contributed by atoms with Crippen LogP contribution in [0.3, 0.4) is 0 Å². The van der Waals surface area contributed by atoms with Gasteiger partial charge in [0.25, 0.3) is 5.91 Å². The highest BCUT2D eigenvalue weighted by molar-refractivity contribution is 9.10. The van der Waals surface area contributed by atoms with Crippen LogP contribution >= 0.6 is 39.1 Å². The monoisotopic (exact) mass is 582 g/mol. The summed E-state index contributed by atoms with van der Waals surface area (Å²) < 4.78 is 7.21. The van der Waals surface area contributed by atoms with Crippen LogP contribution in [0.1, 0.15) is 11.8 Å². The highest BCUT2D eigenvalue weighted by Gasteiger charge is 2.61. The van der Waals surface area contributed by atoms with E-state index in [4.69, 9.17) is 32.5 Å². The molecule has 180 valence electrons. The number of carbonyl (C=O) groups excluding carboxylic acids is 2. The van der Waals surface area contributed by atoms with Gasteiger partial charge >= 0.3 is 0 Å². The van der Waals surface area contributed by atoms with Gasteiger partial charge in [0.2, 0.25) is 5.91 Å². The minimum Gasteiger partial charge on any atom is -0.459 e. The average Bonchev–Trinajstić information content (AvgIpc) is 3.57. The first-order valence-corrected chi connectivity index (χ1v) is 12.7. The standard InChI is InChI=1S/C27H17BrCl2N2O4/c28-16-8-6-15(7-9-16)21-12-13-22(35-21)24-23-25(36-32(24)17-4-2-1-3-5-17)27(34)31(26(23)33)18-10-11-19(29)20(30)14-18/h1-14,23-25H/t23-,24-,25+/m0/s1. The van der Waals surface area contributed by atoms with E-state index in [1.165, 1.54) is 6.07 Å². The molecule has 6 nitrogen and oxygen atoms in total. The molecule has 0 radical (unpaired) electrons. The third kappa shape index (κ3) is 3.83. The molecule has 2 aliphatic heterocycles. The number of amides is 2. The Labute approximate surface area is 225 Å². The van der Waals surface area contributed by atoms with Crippen molar-refractivity contribution in [3.8, 4) is 11.3 Å². The number of para-hydroxylation sites is 1. The smallest absolute Gasteiger partial charge is 0.266 e. The second kappa shape index (κ2) is 9.09. The molecule has 0 unspecified atom stereocenters. The molecule has 1 aromatic heterocycles. The molecule has 3 heterocycles. The Balaban J connectivity index is 1.41. The lowest BCUT2D eigenvalue weighted by atomic mass is 9.94. The van der Waals surface area contributed by atoms with Gasteiger partial charge in [0.05, 0.1) is 21.4 Å². The number of fused-ring (bicyclic) bond motifs is 1. The molecular weight excluding hydrogens is 567 g/mol. The Morgan fingerprint density at radius 1 is 0.778 bits per heavy atom. The summed E-state index contributed by atoms with van der Waals surface area (Å²) in [6, 6.07) is 24.7. The van der Waals surface area contributed by atoms with E-state index in [0.29, 0.717) is 27.9 Å². The lowest BCUT2D eigenvalue weighted by Gasteiger charge is -2.27. The van der Waals surface area contributed by atoms with Crippen molar-refractivity contribution in [2.24, 2.45) is 5.92 Å². The second-order valence-electron chi connectivity index (χ2n) is 8.48. The summed E-state index contributed by atoms with van der Waals surface area (Å²) in [4.78, 5) is 34.5. The van der Waals surface area contributed by atoms with Crippen molar-refractivity contribution in [3.63, 3.8) is 0 Å². The number of nitrogens with zero attached hydrogens (tertiary/aromatic N) is 2. The number of halogens is 3. The van der Waals surface area contributed by atoms with Crippen LogP contribution in [0.5, 0.6) is 0 Å². The molecule has 2 amide bonds. The lowest BCUT2D eigenvalue weighted by Crippen LogP contribution is -2.37. The summed E-state index contributed by atoms with van der Waals surface area (Å²) >= 11 is 15.7. The largest absolute Gasteiger partial charge is 0.459 e. The van der Waals surface area contributed by atoms with Crippen LogP contribution in [0.25, 0.3) is 11.3 Å². The van der Waals surface area contributed by atoms with Crippen LogP contribution in [0.2, 0.25) is 10.0 Å². The van der Waals surface area contributed by atoms with Crippen molar-refractivity contribution < 1.29 is 18.8 Å². The number of hydrogen-bond donors (Lipinski definition) is 0. The van der Waals surface area contributed by atoms with Gasteiger partial charge in [-0.1, -0.05) is 69.5 Å². The van der Waals surface area contributed by atoms with Gasteiger partial charge in [-0.25, -0.2) is 9.96 Å². The van der Waals surface area contributed by atoms with Gasteiger partial charge in [0, 0.05) is 10.0 Å². The molecule has 36 heavy (non-hydrogen) atoms. The van der Waals surface area contributed by atoms with Crippen molar-refractivity contribution >= 4 is 62.3 Å². The lowest BCUT2D eigenvalue weighted by molar-refractivity contribution is -0.126. The van der Waals surface area contributed by atoms with E-state index in [2.05, 4.69) is 15.9 Å². The van der Waals surface area contributed by atoms with Gasteiger partial charge in [-0.05, 0) is 54.6 Å². The summed E-state index contributed by atoms with van der Waals surface area (Å²) in [5.74, 6) is -0.524. The third-order valence-corrected chi connectivity index (χ3v) is 7.60. The van der Waals surface area contributed by atoms with E-state index in [-0.39, 0.29) is 5.02 Å². The zero-order chi connectivity index (χ0) is 25.0. The van der Waals surface area contributed by atoms with Gasteiger partial charge in [0.15, 0.2) is 6.10 Å². The fraction of sp³-hybridized carbons (Fsp3) is 0.111. The fourth-order valence-electron chi connectivity index (χ4n) is 4.66. The Bertz CT molecular complexity index is 1470. The molecule has 2 aliphatic rings. The predicted octanol–water partition coefficient (Wildman–Crippen LogP) is 7.07. The quantitative estimate of drug-likeness (QED) is 0.240. The number of hydroxylamine groups is 1. The SMILES string of the molecule is O=C1[C@@H]2[C@@H](ON(c3ccccc3)[C@H]2c2ccc(-c3ccc(Br)cc3)o2)C(=O)N1c1ccc(Cl)c(Cl)c1. The molecule has 2 fully saturated rings. The van der Waals surface area contributed by atoms with Gasteiger partial charge in [-0.2, -0.15) is 0 Å². The number of rotatable bonds is 4. The van der Waals surface area contributed by atoms with Crippen molar-refractivity contribution in [1.82, 2.24) is 0 Å². The predicted molar refractivity (Wildman–Crippen MR) is 141 cm³/mol. The Hall–Kier alpha value is -3.10. The number of imide groups is 1. The van der Waals surface area contributed by atoms with E-state index < -0.39 is 29.9 Å². The molecule has 0 saturated carbocycles. The highest BCUT2D eigenvalue weighted by atomic mass is 79.9. The van der Waals surface area contributed by atoms with Crippen LogP contribution < -0.4 is 9.96 Å². The molecule has 0 N–H and O–H groups in total. The van der Waals surface area contributed by atoms with E-state index in [1.54, 1.807) is 17.2 Å². The van der Waals surface area contributed by atoms with E-state index in [0.717, 1.165) is 14.9 Å². The maximum atomic E-state index is 13.7. The molecule has 3 atom stereocenters. The summed E-state index contributed by atoms with van der Waals surface area (Å²) in [5, 5.41) is 2.18. The number of anilines is 2. The Kier molecular flexibility index (Phi) is 5.88. The van der Waals surface area contributed by atoms with Crippen molar-refractivity contribution in [3.05, 3.63) is 105 Å². The van der Waals surface area contributed by atoms with Crippen LogP contribution in [0, 0.1) is 5.92 Å². The number of hydrogen-bond acceptors (Lipinski definition) is 5. The van der Waals surface area contributed by atoms with Gasteiger partial charge in [0.1, 0.15) is 23.5 Å². The third-order valence-electron chi connectivity index (χ3n) is 6.33. The second-order valence-corrected chi connectivity index (χ2v) is 10.2. The topological polar surface area (TPSA) is 63.0 Å². The highest BCUT2D eigenvalue weighted by Crippen LogP contribution is 2.48. The van der Waals surface area contributed by atoms with Crippen LogP contribution in [-0.2, 0) is 14.4 Å². The molecule has 3 aromatic carbocycles. The summed E-state index contributed by atoms with van der Waals surface area (Å²) in [6.45, 7) is 0. The zero-order valence-electron chi connectivity index (χ0n) is 18.5. The molecule has 2 saturated heterocycles. The Morgan fingerprint density at radius 2 is 1.53 bits per heavy atom. The first-order chi connectivity index (χ1) is 17.4.